The molecular weight excluding hydrogens is 530 g/mol. The van der Waals surface area contributed by atoms with E-state index in [2.05, 4.69) is 15.1 Å². The number of ether oxygens (including phenoxy) is 1. The molecule has 204 valence electrons. The predicted molar refractivity (Wildman–Crippen MR) is 136 cm³/mol. The van der Waals surface area contributed by atoms with Crippen molar-refractivity contribution < 1.29 is 27.1 Å². The lowest BCUT2D eigenvalue weighted by Gasteiger charge is -2.41. The Balaban J connectivity index is 1.30. The van der Waals surface area contributed by atoms with Gasteiger partial charge in [0, 0.05) is 36.4 Å². The van der Waals surface area contributed by atoms with Gasteiger partial charge in [-0.3, -0.25) is 9.20 Å². The predicted octanol–water partition coefficient (Wildman–Crippen LogP) is 4.53. The van der Waals surface area contributed by atoms with E-state index >= 15 is 8.78 Å². The summed E-state index contributed by atoms with van der Waals surface area (Å²) < 4.78 is 65.4. The van der Waals surface area contributed by atoms with Gasteiger partial charge in [-0.15, -0.1) is 0 Å². The topological polar surface area (TPSA) is 104 Å². The second-order valence-electron chi connectivity index (χ2n) is 10.0. The van der Waals surface area contributed by atoms with Crippen LogP contribution in [0.3, 0.4) is 0 Å². The maximum atomic E-state index is 15.8. The van der Waals surface area contributed by atoms with Crippen LogP contribution in [0, 0.1) is 11.6 Å². The van der Waals surface area contributed by atoms with E-state index in [0.717, 1.165) is 12.3 Å². The number of nitrogens with two attached hydrogens (primary N) is 1. The Bertz CT molecular complexity index is 1840. The SMILES string of the molecule is C[C@@H]1CN(C(=O)c2cc3c(cc2F)nc(N)c2cncn23)[C@H]2c3ccc(-c4cnn(C(F)F)c4)c(F)c3C[C@H]2O1. The second kappa shape index (κ2) is 8.74. The lowest BCUT2D eigenvalue weighted by atomic mass is 9.98. The number of hydrogen-bond acceptors (Lipinski definition) is 6. The zero-order valence-electron chi connectivity index (χ0n) is 20.9. The van der Waals surface area contributed by atoms with Crippen molar-refractivity contribution in [3.63, 3.8) is 0 Å². The maximum Gasteiger partial charge on any atom is 0.333 e. The van der Waals surface area contributed by atoms with Gasteiger partial charge in [0.05, 0.1) is 53.6 Å². The fraction of sp³-hybridized carbons (Fsp3) is 0.259. The van der Waals surface area contributed by atoms with Crippen molar-refractivity contribution in [3.05, 3.63) is 77.5 Å². The van der Waals surface area contributed by atoms with E-state index < -0.39 is 42.3 Å². The van der Waals surface area contributed by atoms with Crippen molar-refractivity contribution in [1.29, 1.82) is 0 Å². The zero-order chi connectivity index (χ0) is 27.9. The van der Waals surface area contributed by atoms with Crippen molar-refractivity contribution in [1.82, 2.24) is 29.0 Å². The van der Waals surface area contributed by atoms with Crippen LogP contribution >= 0.6 is 0 Å². The highest BCUT2D eigenvalue weighted by atomic mass is 19.3. The average Bonchev–Trinajstić information content (AvgIpc) is 3.67. The largest absolute Gasteiger partial charge is 0.382 e. The van der Waals surface area contributed by atoms with Gasteiger partial charge in [-0.1, -0.05) is 12.1 Å². The summed E-state index contributed by atoms with van der Waals surface area (Å²) in [6, 6.07) is 5.05. The number of carbonyl (C=O) groups excluding carboxylic acids is 1. The lowest BCUT2D eigenvalue weighted by molar-refractivity contribution is -0.0938. The summed E-state index contributed by atoms with van der Waals surface area (Å²) in [5.74, 6) is -1.76. The van der Waals surface area contributed by atoms with Crippen LogP contribution in [0.15, 0.2) is 49.2 Å². The molecule has 3 atom stereocenters. The zero-order valence-corrected chi connectivity index (χ0v) is 20.9. The van der Waals surface area contributed by atoms with Gasteiger partial charge in [-0.2, -0.15) is 13.9 Å². The minimum absolute atomic E-state index is 0.118. The first-order valence-electron chi connectivity index (χ1n) is 12.5. The van der Waals surface area contributed by atoms with Crippen LogP contribution in [0.1, 0.15) is 41.0 Å². The molecule has 1 fully saturated rings. The van der Waals surface area contributed by atoms with E-state index in [1.165, 1.54) is 35.8 Å². The molecule has 2 aromatic carbocycles. The van der Waals surface area contributed by atoms with Crippen LogP contribution in [0.4, 0.5) is 23.4 Å². The highest BCUT2D eigenvalue weighted by Gasteiger charge is 2.46. The van der Waals surface area contributed by atoms with Crippen molar-refractivity contribution in [2.45, 2.75) is 38.1 Å². The Kier molecular flexibility index (Phi) is 5.36. The van der Waals surface area contributed by atoms with Gasteiger partial charge in [-0.25, -0.2) is 23.4 Å². The van der Waals surface area contributed by atoms with Crippen LogP contribution < -0.4 is 5.73 Å². The number of anilines is 1. The number of nitrogen functional groups attached to an aromatic ring is 1. The summed E-state index contributed by atoms with van der Waals surface area (Å²) in [6.07, 6.45) is 4.49. The molecule has 0 spiro atoms. The molecule has 3 aromatic heterocycles. The molecule has 1 aliphatic carbocycles. The molecule has 7 rings (SSSR count). The van der Waals surface area contributed by atoms with E-state index in [-0.39, 0.29) is 41.0 Å². The first-order chi connectivity index (χ1) is 19.2. The van der Waals surface area contributed by atoms with Gasteiger partial charge in [0.2, 0.25) is 0 Å². The van der Waals surface area contributed by atoms with Crippen molar-refractivity contribution in [2.75, 3.05) is 12.3 Å². The van der Waals surface area contributed by atoms with Crippen LogP contribution in [-0.2, 0) is 11.2 Å². The fourth-order valence-electron chi connectivity index (χ4n) is 5.89. The normalized spacial score (nSPS) is 20.4. The molecular formula is C27H21F4N7O2. The summed E-state index contributed by atoms with van der Waals surface area (Å²) in [5, 5.41) is 3.60. The minimum Gasteiger partial charge on any atom is -0.382 e. The van der Waals surface area contributed by atoms with Crippen molar-refractivity contribution >= 4 is 28.3 Å². The van der Waals surface area contributed by atoms with E-state index in [1.54, 1.807) is 17.4 Å². The molecule has 13 heteroatoms. The Hall–Kier alpha value is -4.52. The molecule has 0 saturated carbocycles. The Morgan fingerprint density at radius 2 is 2.00 bits per heavy atom. The van der Waals surface area contributed by atoms with Crippen LogP contribution in [-0.4, -0.2) is 53.7 Å². The highest BCUT2D eigenvalue weighted by molar-refractivity contribution is 5.99. The first-order valence-corrected chi connectivity index (χ1v) is 12.5. The number of morpholine rings is 1. The molecule has 2 aliphatic rings. The Morgan fingerprint density at radius 3 is 2.77 bits per heavy atom. The van der Waals surface area contributed by atoms with Gasteiger partial charge in [0.25, 0.3) is 5.91 Å². The van der Waals surface area contributed by atoms with Gasteiger partial charge in [-0.05, 0) is 24.1 Å². The highest BCUT2D eigenvalue weighted by Crippen LogP contribution is 2.45. The number of benzene rings is 2. The van der Waals surface area contributed by atoms with Crippen molar-refractivity contribution in [2.24, 2.45) is 0 Å². The minimum atomic E-state index is -2.85. The van der Waals surface area contributed by atoms with Crippen LogP contribution in [0.5, 0.6) is 0 Å². The first kappa shape index (κ1) is 24.5. The van der Waals surface area contributed by atoms with E-state index in [1.807, 2.05) is 0 Å². The number of hydrogen-bond donors (Lipinski definition) is 1. The standard InChI is InChI=1S/C27H21F4N7O2/c1-12-9-36(26(39)17-4-20-19(6-18(17)28)35-25(32)21-8-33-11-37(20)21)24-15-3-2-14(13-7-34-38(10-13)27(30)31)23(29)16(15)5-22(24)40-12/h2-4,6-8,10-12,22,24,27H,5,9H2,1H3,(H2,32,35)/t12-,22-,24+/m1/s1. The molecule has 40 heavy (non-hydrogen) atoms. The van der Waals surface area contributed by atoms with Gasteiger partial charge in [0.15, 0.2) is 0 Å². The van der Waals surface area contributed by atoms with E-state index in [9.17, 15) is 13.6 Å². The number of carbonyl (C=O) groups is 1. The second-order valence-corrected chi connectivity index (χ2v) is 10.0. The van der Waals surface area contributed by atoms with E-state index in [0.29, 0.717) is 26.8 Å². The molecule has 1 aliphatic heterocycles. The number of nitrogens with zero attached hydrogens (tertiary/aromatic N) is 6. The molecule has 2 N–H and O–H groups in total. The maximum absolute atomic E-state index is 15.8. The van der Waals surface area contributed by atoms with Gasteiger partial charge < -0.3 is 15.4 Å². The summed E-state index contributed by atoms with van der Waals surface area (Å²) in [7, 11) is 0. The molecule has 1 saturated heterocycles. The van der Waals surface area contributed by atoms with Crippen molar-refractivity contribution in [3.8, 4) is 11.1 Å². The number of fused-ring (bicyclic) bond motifs is 6. The monoisotopic (exact) mass is 551 g/mol. The van der Waals surface area contributed by atoms with Gasteiger partial charge in [0.1, 0.15) is 23.0 Å². The quantitative estimate of drug-likeness (QED) is 0.331. The molecule has 0 bridgehead atoms. The summed E-state index contributed by atoms with van der Waals surface area (Å²) in [5.41, 5.74) is 8.21. The number of rotatable bonds is 3. The summed E-state index contributed by atoms with van der Waals surface area (Å²) in [6.45, 7) is -0.905. The van der Waals surface area contributed by atoms with E-state index in [4.69, 9.17) is 10.5 Å². The van der Waals surface area contributed by atoms with Crippen LogP contribution in [0.25, 0.3) is 27.7 Å². The molecule has 4 heterocycles. The molecule has 1 amide bonds. The fourth-order valence-corrected chi connectivity index (χ4v) is 5.89. The van der Waals surface area contributed by atoms with Crippen LogP contribution in [0.2, 0.25) is 0 Å². The third kappa shape index (κ3) is 3.57. The number of halogens is 4. The lowest BCUT2D eigenvalue weighted by Crippen LogP contribution is -2.50. The average molecular weight is 552 g/mol. The Morgan fingerprint density at radius 1 is 1.18 bits per heavy atom. The third-order valence-electron chi connectivity index (χ3n) is 7.62. The molecule has 0 unspecified atom stereocenters. The summed E-state index contributed by atoms with van der Waals surface area (Å²) in [4.78, 5) is 23.8. The number of amides is 1. The number of imidazole rings is 1. The third-order valence-corrected chi connectivity index (χ3v) is 7.62. The Labute approximate surface area is 223 Å². The smallest absolute Gasteiger partial charge is 0.333 e. The number of alkyl halides is 2. The number of aromatic nitrogens is 5. The molecule has 0 radical (unpaired) electrons. The molecule has 9 nitrogen and oxygen atoms in total. The summed E-state index contributed by atoms with van der Waals surface area (Å²) >= 11 is 0. The van der Waals surface area contributed by atoms with Gasteiger partial charge >= 0.3 is 6.55 Å². The molecule has 5 aromatic rings.